The van der Waals surface area contributed by atoms with E-state index in [0.717, 1.165) is 25.1 Å². The SMILES string of the molecule is Cc1cc(C(=N)N)ccc1CN(C)CCc1ccncc1. The summed E-state index contributed by atoms with van der Waals surface area (Å²) in [6.07, 6.45) is 4.68. The number of pyridine rings is 1. The third-order valence-electron chi connectivity index (χ3n) is 3.63. The fourth-order valence-electron chi connectivity index (χ4n) is 2.28. The van der Waals surface area contributed by atoms with Crippen molar-refractivity contribution in [1.29, 1.82) is 5.41 Å². The van der Waals surface area contributed by atoms with Crippen LogP contribution >= 0.6 is 0 Å². The molecule has 0 unspecified atom stereocenters. The van der Waals surface area contributed by atoms with E-state index in [0.29, 0.717) is 0 Å². The zero-order chi connectivity index (χ0) is 15.2. The van der Waals surface area contributed by atoms with Crippen molar-refractivity contribution < 1.29 is 0 Å². The average Bonchev–Trinajstić information content (AvgIpc) is 2.48. The molecular weight excluding hydrogens is 260 g/mol. The molecule has 1 aromatic heterocycles. The first-order chi connectivity index (χ1) is 10.1. The van der Waals surface area contributed by atoms with Crippen LogP contribution < -0.4 is 5.73 Å². The Balaban J connectivity index is 1.93. The second-order valence-corrected chi connectivity index (χ2v) is 5.40. The van der Waals surface area contributed by atoms with Gasteiger partial charge in [0.15, 0.2) is 0 Å². The standard InChI is InChI=1S/C17H22N4/c1-13-11-15(17(18)19)3-4-16(13)12-21(2)10-7-14-5-8-20-9-6-14/h3-6,8-9,11H,7,10,12H2,1-2H3,(H3,18,19). The highest BCUT2D eigenvalue weighted by Crippen LogP contribution is 2.13. The molecule has 2 rings (SSSR count). The van der Waals surface area contributed by atoms with Gasteiger partial charge in [-0.1, -0.05) is 12.1 Å². The van der Waals surface area contributed by atoms with E-state index < -0.39 is 0 Å². The lowest BCUT2D eigenvalue weighted by Crippen LogP contribution is -2.21. The normalized spacial score (nSPS) is 10.8. The summed E-state index contributed by atoms with van der Waals surface area (Å²) in [5.41, 5.74) is 10.1. The van der Waals surface area contributed by atoms with E-state index in [4.69, 9.17) is 11.1 Å². The topological polar surface area (TPSA) is 66.0 Å². The summed E-state index contributed by atoms with van der Waals surface area (Å²) in [6, 6.07) is 10.1. The Morgan fingerprint density at radius 3 is 2.57 bits per heavy atom. The number of amidine groups is 1. The monoisotopic (exact) mass is 282 g/mol. The number of benzene rings is 1. The van der Waals surface area contributed by atoms with Crippen molar-refractivity contribution in [3.8, 4) is 0 Å². The average molecular weight is 282 g/mol. The number of aromatic nitrogens is 1. The van der Waals surface area contributed by atoms with Crippen LogP contribution in [-0.2, 0) is 13.0 Å². The number of nitrogens with zero attached hydrogens (tertiary/aromatic N) is 2. The number of aryl methyl sites for hydroxylation is 1. The van der Waals surface area contributed by atoms with Crippen LogP contribution in [0.3, 0.4) is 0 Å². The van der Waals surface area contributed by atoms with E-state index in [-0.39, 0.29) is 5.84 Å². The van der Waals surface area contributed by atoms with E-state index in [1.54, 1.807) is 0 Å². The van der Waals surface area contributed by atoms with Crippen LogP contribution in [0.5, 0.6) is 0 Å². The van der Waals surface area contributed by atoms with E-state index in [1.807, 2.05) is 24.5 Å². The fraction of sp³-hybridized carbons (Fsp3) is 0.294. The summed E-state index contributed by atoms with van der Waals surface area (Å²) in [7, 11) is 2.12. The van der Waals surface area contributed by atoms with Gasteiger partial charge in [-0.05, 0) is 55.3 Å². The van der Waals surface area contributed by atoms with Gasteiger partial charge in [0.2, 0.25) is 0 Å². The molecule has 0 atom stereocenters. The molecule has 0 aliphatic heterocycles. The molecule has 0 bridgehead atoms. The van der Waals surface area contributed by atoms with E-state index in [9.17, 15) is 0 Å². The van der Waals surface area contributed by atoms with E-state index >= 15 is 0 Å². The minimum atomic E-state index is 0.121. The van der Waals surface area contributed by atoms with Gasteiger partial charge in [0.25, 0.3) is 0 Å². The van der Waals surface area contributed by atoms with Crippen molar-refractivity contribution in [3.63, 3.8) is 0 Å². The molecule has 21 heavy (non-hydrogen) atoms. The maximum absolute atomic E-state index is 7.47. The number of hydrogen-bond donors (Lipinski definition) is 2. The van der Waals surface area contributed by atoms with Crippen molar-refractivity contribution in [2.75, 3.05) is 13.6 Å². The Kier molecular flexibility index (Phi) is 5.06. The molecule has 0 aliphatic rings. The van der Waals surface area contributed by atoms with Crippen molar-refractivity contribution in [2.45, 2.75) is 19.9 Å². The molecule has 1 heterocycles. The molecule has 0 saturated carbocycles. The number of rotatable bonds is 6. The lowest BCUT2D eigenvalue weighted by molar-refractivity contribution is 0.330. The number of nitrogens with two attached hydrogens (primary N) is 1. The summed E-state index contributed by atoms with van der Waals surface area (Å²) in [5, 5.41) is 7.47. The molecule has 4 heteroatoms. The predicted molar refractivity (Wildman–Crippen MR) is 86.5 cm³/mol. The molecule has 0 fully saturated rings. The molecule has 0 saturated heterocycles. The van der Waals surface area contributed by atoms with Crippen LogP contribution in [0.25, 0.3) is 0 Å². The predicted octanol–water partition coefficient (Wildman–Crippen LogP) is 2.35. The van der Waals surface area contributed by atoms with Crippen LogP contribution in [0, 0.1) is 12.3 Å². The quantitative estimate of drug-likeness (QED) is 0.631. The van der Waals surface area contributed by atoms with Crippen LogP contribution in [0.2, 0.25) is 0 Å². The Bertz CT molecular complexity index is 607. The van der Waals surface area contributed by atoms with E-state index in [2.05, 4.69) is 42.1 Å². The molecule has 2 aromatic rings. The summed E-state index contributed by atoms with van der Waals surface area (Å²) >= 11 is 0. The smallest absolute Gasteiger partial charge is 0.122 e. The zero-order valence-electron chi connectivity index (χ0n) is 12.6. The highest BCUT2D eigenvalue weighted by atomic mass is 15.1. The van der Waals surface area contributed by atoms with Crippen LogP contribution in [-0.4, -0.2) is 29.3 Å². The first kappa shape index (κ1) is 15.2. The lowest BCUT2D eigenvalue weighted by atomic mass is 10.0. The van der Waals surface area contributed by atoms with Crippen LogP contribution in [0.15, 0.2) is 42.7 Å². The van der Waals surface area contributed by atoms with Gasteiger partial charge in [-0.15, -0.1) is 0 Å². The van der Waals surface area contributed by atoms with Crippen molar-refractivity contribution in [1.82, 2.24) is 9.88 Å². The third-order valence-corrected chi connectivity index (χ3v) is 3.63. The van der Waals surface area contributed by atoms with E-state index in [1.165, 1.54) is 16.7 Å². The number of likely N-dealkylation sites (N-methyl/N-ethyl adjacent to an activating group) is 1. The summed E-state index contributed by atoms with van der Waals surface area (Å²) in [5.74, 6) is 0.121. The first-order valence-corrected chi connectivity index (χ1v) is 7.07. The Morgan fingerprint density at radius 2 is 1.95 bits per heavy atom. The number of nitrogen functional groups attached to an aromatic ring is 1. The second kappa shape index (κ2) is 6.99. The van der Waals surface area contributed by atoms with Gasteiger partial charge < -0.3 is 10.6 Å². The van der Waals surface area contributed by atoms with Crippen molar-refractivity contribution in [3.05, 3.63) is 65.0 Å². The third kappa shape index (κ3) is 4.39. The van der Waals surface area contributed by atoms with Crippen LogP contribution in [0.1, 0.15) is 22.3 Å². The van der Waals surface area contributed by atoms with Gasteiger partial charge in [0, 0.05) is 31.0 Å². The molecule has 0 amide bonds. The zero-order valence-corrected chi connectivity index (χ0v) is 12.6. The molecule has 0 aliphatic carbocycles. The largest absolute Gasteiger partial charge is 0.384 e. The van der Waals surface area contributed by atoms with Gasteiger partial charge in [-0.3, -0.25) is 10.4 Å². The Labute approximate surface area is 126 Å². The van der Waals surface area contributed by atoms with Crippen molar-refractivity contribution in [2.24, 2.45) is 5.73 Å². The van der Waals surface area contributed by atoms with Gasteiger partial charge >= 0.3 is 0 Å². The molecule has 4 nitrogen and oxygen atoms in total. The highest BCUT2D eigenvalue weighted by molar-refractivity contribution is 5.95. The fourth-order valence-corrected chi connectivity index (χ4v) is 2.28. The molecule has 3 N–H and O–H groups in total. The maximum Gasteiger partial charge on any atom is 0.122 e. The minimum absolute atomic E-state index is 0.121. The number of hydrogen-bond acceptors (Lipinski definition) is 3. The first-order valence-electron chi connectivity index (χ1n) is 7.07. The van der Waals surface area contributed by atoms with Crippen LogP contribution in [0.4, 0.5) is 0 Å². The van der Waals surface area contributed by atoms with Gasteiger partial charge in [-0.2, -0.15) is 0 Å². The van der Waals surface area contributed by atoms with Gasteiger partial charge in [0.1, 0.15) is 5.84 Å². The van der Waals surface area contributed by atoms with Gasteiger partial charge in [-0.25, -0.2) is 0 Å². The highest BCUT2D eigenvalue weighted by Gasteiger charge is 2.06. The minimum Gasteiger partial charge on any atom is -0.384 e. The second-order valence-electron chi connectivity index (χ2n) is 5.40. The maximum atomic E-state index is 7.47. The van der Waals surface area contributed by atoms with Crippen molar-refractivity contribution >= 4 is 5.84 Å². The Morgan fingerprint density at radius 1 is 1.24 bits per heavy atom. The Hall–Kier alpha value is -2.20. The molecule has 1 aromatic carbocycles. The summed E-state index contributed by atoms with van der Waals surface area (Å²) in [6.45, 7) is 3.96. The van der Waals surface area contributed by atoms with Gasteiger partial charge in [0.05, 0.1) is 0 Å². The lowest BCUT2D eigenvalue weighted by Gasteiger charge is -2.18. The summed E-state index contributed by atoms with van der Waals surface area (Å²) < 4.78 is 0. The summed E-state index contributed by atoms with van der Waals surface area (Å²) in [4.78, 5) is 6.33. The molecular formula is C17H22N4. The molecule has 0 spiro atoms. The number of nitrogens with one attached hydrogen (secondary N) is 1. The molecule has 0 radical (unpaired) electrons. The molecule has 110 valence electrons.